The van der Waals surface area contributed by atoms with E-state index in [9.17, 15) is 4.79 Å². The Balaban J connectivity index is 0.00000576. The van der Waals surface area contributed by atoms with Crippen LogP contribution in [0.1, 0.15) is 25.8 Å². The highest BCUT2D eigenvalue weighted by atomic mass is 35.5. The molecule has 6 heteroatoms. The van der Waals surface area contributed by atoms with E-state index in [0.29, 0.717) is 24.0 Å². The summed E-state index contributed by atoms with van der Waals surface area (Å²) in [5, 5.41) is 0. The van der Waals surface area contributed by atoms with Crippen molar-refractivity contribution in [2.24, 2.45) is 11.7 Å². The zero-order chi connectivity index (χ0) is 18.1. The first kappa shape index (κ1) is 23.3. The summed E-state index contributed by atoms with van der Waals surface area (Å²) in [5.41, 5.74) is 7.10. The van der Waals surface area contributed by atoms with Crippen LogP contribution in [-0.4, -0.2) is 44.2 Å². The van der Waals surface area contributed by atoms with Crippen LogP contribution >= 0.6 is 12.4 Å². The molecular formula is C19H31ClN2O3. The molecule has 1 rings (SSSR count). The second kappa shape index (κ2) is 11.8. The molecule has 25 heavy (non-hydrogen) atoms. The van der Waals surface area contributed by atoms with Crippen LogP contribution in [0.15, 0.2) is 30.9 Å². The van der Waals surface area contributed by atoms with Crippen LogP contribution in [0.3, 0.4) is 0 Å². The van der Waals surface area contributed by atoms with E-state index >= 15 is 0 Å². The number of benzene rings is 1. The Morgan fingerprint density at radius 2 is 2.04 bits per heavy atom. The van der Waals surface area contributed by atoms with Gasteiger partial charge in [0.05, 0.1) is 7.11 Å². The highest BCUT2D eigenvalue weighted by Crippen LogP contribution is 2.28. The number of nitrogens with two attached hydrogens (primary N) is 1. The van der Waals surface area contributed by atoms with E-state index in [0.717, 1.165) is 18.4 Å². The summed E-state index contributed by atoms with van der Waals surface area (Å²) in [6.07, 6.45) is 3.36. The fourth-order valence-electron chi connectivity index (χ4n) is 2.18. The van der Waals surface area contributed by atoms with E-state index < -0.39 is 0 Å². The summed E-state index contributed by atoms with van der Waals surface area (Å²) in [7, 11) is 3.35. The molecule has 5 nitrogen and oxygen atoms in total. The number of carbonyl (C=O) groups excluding carboxylic acids is 1. The average molecular weight is 371 g/mol. The molecule has 0 fully saturated rings. The second-order valence-corrected chi connectivity index (χ2v) is 6.28. The number of ether oxygens (including phenoxy) is 2. The molecule has 0 aliphatic carbocycles. The van der Waals surface area contributed by atoms with E-state index in [2.05, 4.69) is 20.4 Å². The van der Waals surface area contributed by atoms with Crippen LogP contribution in [0.25, 0.3) is 0 Å². The Kier molecular flexibility index (Phi) is 11.0. The molecule has 1 unspecified atom stereocenters. The van der Waals surface area contributed by atoms with Crippen molar-refractivity contribution in [3.05, 3.63) is 36.4 Å². The molecule has 0 saturated heterocycles. The van der Waals surface area contributed by atoms with E-state index in [1.54, 1.807) is 19.1 Å². The van der Waals surface area contributed by atoms with E-state index in [1.165, 1.54) is 0 Å². The Bertz CT molecular complexity index is 549. The molecule has 1 aromatic carbocycles. The van der Waals surface area contributed by atoms with Crippen LogP contribution < -0.4 is 15.2 Å². The third-order valence-corrected chi connectivity index (χ3v) is 4.04. The van der Waals surface area contributed by atoms with Crippen molar-refractivity contribution in [2.75, 3.05) is 27.3 Å². The Morgan fingerprint density at radius 3 is 2.60 bits per heavy atom. The molecule has 0 saturated carbocycles. The second-order valence-electron chi connectivity index (χ2n) is 6.28. The summed E-state index contributed by atoms with van der Waals surface area (Å²) in [6.45, 7) is 8.48. The quantitative estimate of drug-likeness (QED) is 0.643. The maximum Gasteiger partial charge on any atom is 0.260 e. The Morgan fingerprint density at radius 1 is 1.36 bits per heavy atom. The van der Waals surface area contributed by atoms with Crippen LogP contribution in [0, 0.1) is 5.92 Å². The maximum atomic E-state index is 12.2. The van der Waals surface area contributed by atoms with Gasteiger partial charge in [0.25, 0.3) is 5.91 Å². The van der Waals surface area contributed by atoms with Crippen molar-refractivity contribution in [3.8, 4) is 11.5 Å². The number of hydrogen-bond acceptors (Lipinski definition) is 4. The molecule has 1 atom stereocenters. The predicted molar refractivity (Wildman–Crippen MR) is 105 cm³/mol. The van der Waals surface area contributed by atoms with Crippen molar-refractivity contribution in [1.29, 1.82) is 0 Å². The summed E-state index contributed by atoms with van der Waals surface area (Å²) in [5.74, 6) is 1.50. The molecule has 1 aromatic rings. The number of likely N-dealkylation sites (N-methyl/N-ethyl adjacent to an activating group) is 1. The van der Waals surface area contributed by atoms with E-state index in [4.69, 9.17) is 15.2 Å². The number of amides is 1. The molecule has 0 heterocycles. The number of rotatable bonds is 10. The minimum Gasteiger partial charge on any atom is -0.493 e. The summed E-state index contributed by atoms with van der Waals surface area (Å²) < 4.78 is 11.0. The van der Waals surface area contributed by atoms with Gasteiger partial charge in [0, 0.05) is 19.6 Å². The molecule has 0 bridgehead atoms. The molecule has 0 spiro atoms. The van der Waals surface area contributed by atoms with Crippen molar-refractivity contribution < 1.29 is 14.3 Å². The highest BCUT2D eigenvalue weighted by molar-refractivity contribution is 5.85. The minimum absolute atomic E-state index is 0. The first-order chi connectivity index (χ1) is 11.4. The Hall–Kier alpha value is -1.72. The lowest BCUT2D eigenvalue weighted by Gasteiger charge is -2.22. The fraction of sp³-hybridized carbons (Fsp3) is 0.526. The lowest BCUT2D eigenvalue weighted by atomic mass is 10.0. The van der Waals surface area contributed by atoms with E-state index in [1.807, 2.05) is 24.3 Å². The number of halogens is 1. The first-order valence-electron chi connectivity index (χ1n) is 8.29. The molecule has 2 N–H and O–H groups in total. The molecule has 1 amide bonds. The van der Waals surface area contributed by atoms with Gasteiger partial charge in [-0.1, -0.05) is 26.0 Å². The number of allylic oxidation sites excluding steroid dienone is 1. The maximum absolute atomic E-state index is 12.2. The van der Waals surface area contributed by atoms with Gasteiger partial charge in [-0.15, -0.1) is 19.0 Å². The first-order valence-corrected chi connectivity index (χ1v) is 8.29. The molecule has 142 valence electrons. The lowest BCUT2D eigenvalue weighted by Crippen LogP contribution is -2.36. The molecule has 0 radical (unpaired) electrons. The topological polar surface area (TPSA) is 64.8 Å². The minimum atomic E-state index is -0.0804. The van der Waals surface area contributed by atoms with Gasteiger partial charge in [-0.25, -0.2) is 0 Å². The zero-order valence-corrected chi connectivity index (χ0v) is 16.5. The fourth-order valence-corrected chi connectivity index (χ4v) is 2.18. The normalized spacial score (nSPS) is 11.4. The van der Waals surface area contributed by atoms with Crippen LogP contribution in [0.4, 0.5) is 0 Å². The van der Waals surface area contributed by atoms with Gasteiger partial charge in [-0.3, -0.25) is 4.79 Å². The smallest absolute Gasteiger partial charge is 0.260 e. The van der Waals surface area contributed by atoms with Gasteiger partial charge < -0.3 is 20.1 Å². The summed E-state index contributed by atoms with van der Waals surface area (Å²) >= 11 is 0. The zero-order valence-electron chi connectivity index (χ0n) is 15.7. The Labute approximate surface area is 157 Å². The highest BCUT2D eigenvalue weighted by Gasteiger charge is 2.14. The van der Waals surface area contributed by atoms with E-state index in [-0.39, 0.29) is 31.0 Å². The van der Waals surface area contributed by atoms with Crippen molar-refractivity contribution >= 4 is 18.3 Å². The number of methoxy groups -OCH3 is 1. The van der Waals surface area contributed by atoms with Gasteiger partial charge >= 0.3 is 0 Å². The third kappa shape index (κ3) is 7.80. The van der Waals surface area contributed by atoms with Crippen LogP contribution in [-0.2, 0) is 11.2 Å². The molecule has 0 aromatic heterocycles. The van der Waals surface area contributed by atoms with Gasteiger partial charge in [-0.05, 0) is 36.5 Å². The summed E-state index contributed by atoms with van der Waals surface area (Å²) in [4.78, 5) is 13.8. The van der Waals surface area contributed by atoms with Crippen molar-refractivity contribution in [2.45, 2.75) is 32.7 Å². The monoisotopic (exact) mass is 370 g/mol. The van der Waals surface area contributed by atoms with Crippen molar-refractivity contribution in [1.82, 2.24) is 4.90 Å². The van der Waals surface area contributed by atoms with Gasteiger partial charge in [-0.2, -0.15) is 0 Å². The summed E-state index contributed by atoms with van der Waals surface area (Å²) in [6, 6.07) is 5.75. The molecule has 0 aliphatic rings. The van der Waals surface area contributed by atoms with Crippen LogP contribution in [0.5, 0.6) is 11.5 Å². The van der Waals surface area contributed by atoms with Gasteiger partial charge in [0.2, 0.25) is 0 Å². The SMILES string of the molecule is C=CCc1ccc(OCC(=O)N(C)CCC(N)C(C)C)c(OC)c1.Cl. The largest absolute Gasteiger partial charge is 0.493 e. The van der Waals surface area contributed by atoms with Crippen LogP contribution in [0.2, 0.25) is 0 Å². The third-order valence-electron chi connectivity index (χ3n) is 4.04. The predicted octanol–water partition coefficient (Wildman–Crippen LogP) is 3.06. The van der Waals surface area contributed by atoms with Crippen molar-refractivity contribution in [3.63, 3.8) is 0 Å². The number of carbonyl (C=O) groups is 1. The molecule has 0 aliphatic heterocycles. The number of hydrogen-bond donors (Lipinski definition) is 1. The molecular weight excluding hydrogens is 340 g/mol. The van der Waals surface area contributed by atoms with Gasteiger partial charge in [0.15, 0.2) is 18.1 Å². The standard InChI is InChI=1S/C19H30N2O3.ClH/c1-6-7-15-8-9-17(18(12-15)23-5)24-13-19(22)21(4)11-10-16(20)14(2)3;/h6,8-9,12,14,16H,1,7,10-11,13,20H2,2-5H3;1H. The lowest BCUT2D eigenvalue weighted by molar-refractivity contribution is -0.132. The number of nitrogens with zero attached hydrogens (tertiary/aromatic N) is 1. The van der Waals surface area contributed by atoms with Gasteiger partial charge in [0.1, 0.15) is 0 Å². The average Bonchev–Trinajstić information content (AvgIpc) is 2.57.